The molecule has 2 rings (SSSR count). The van der Waals surface area contributed by atoms with Crippen LogP contribution < -0.4 is 4.90 Å². The molecule has 1 unspecified atom stereocenters. The van der Waals surface area contributed by atoms with Gasteiger partial charge in [0, 0.05) is 25.4 Å². The van der Waals surface area contributed by atoms with Gasteiger partial charge in [-0.25, -0.2) is 4.98 Å². The molecule has 1 saturated heterocycles. The Balaban J connectivity index is 2.15. The Hall–Kier alpha value is -1.13. The summed E-state index contributed by atoms with van der Waals surface area (Å²) in [7, 11) is 0. The van der Waals surface area contributed by atoms with E-state index < -0.39 is 0 Å². The van der Waals surface area contributed by atoms with Crippen LogP contribution in [0.2, 0.25) is 0 Å². The maximum atomic E-state index is 9.35. The van der Waals surface area contributed by atoms with Crippen molar-refractivity contribution in [2.75, 3.05) is 24.6 Å². The molecule has 0 aliphatic carbocycles. The van der Waals surface area contributed by atoms with Gasteiger partial charge in [0.2, 0.25) is 0 Å². The second-order valence-electron chi connectivity index (χ2n) is 5.01. The van der Waals surface area contributed by atoms with Gasteiger partial charge < -0.3 is 14.7 Å². The third kappa shape index (κ3) is 3.67. The highest BCUT2D eigenvalue weighted by Crippen LogP contribution is 2.19. The highest BCUT2D eigenvalue weighted by Gasteiger charge is 2.19. The first-order valence-electron chi connectivity index (χ1n) is 7.24. The van der Waals surface area contributed by atoms with Crippen molar-refractivity contribution in [3.05, 3.63) is 23.4 Å². The van der Waals surface area contributed by atoms with Crippen molar-refractivity contribution in [3.8, 4) is 0 Å². The van der Waals surface area contributed by atoms with Crippen LogP contribution >= 0.6 is 0 Å². The predicted molar refractivity (Wildman–Crippen MR) is 76.4 cm³/mol. The third-order valence-corrected chi connectivity index (χ3v) is 3.62. The number of hydrogen-bond acceptors (Lipinski definition) is 4. The molecule has 0 aromatic carbocycles. The maximum absolute atomic E-state index is 9.35. The van der Waals surface area contributed by atoms with Crippen molar-refractivity contribution < 1.29 is 9.84 Å². The van der Waals surface area contributed by atoms with Crippen LogP contribution in [0.4, 0.5) is 5.82 Å². The first-order chi connectivity index (χ1) is 9.26. The summed E-state index contributed by atoms with van der Waals surface area (Å²) >= 11 is 0. The summed E-state index contributed by atoms with van der Waals surface area (Å²) in [5.41, 5.74) is 1.97. The van der Waals surface area contributed by atoms with E-state index in [1.54, 1.807) is 0 Å². The van der Waals surface area contributed by atoms with E-state index in [1.807, 2.05) is 12.1 Å². The lowest BCUT2D eigenvalue weighted by Crippen LogP contribution is -2.32. The molecule has 106 valence electrons. The second kappa shape index (κ2) is 6.87. The minimum Gasteiger partial charge on any atom is -0.392 e. The molecule has 1 aromatic heterocycles. The summed E-state index contributed by atoms with van der Waals surface area (Å²) < 4.78 is 5.70. The van der Waals surface area contributed by atoms with Gasteiger partial charge in [-0.3, -0.25) is 0 Å². The molecule has 19 heavy (non-hydrogen) atoms. The zero-order chi connectivity index (χ0) is 13.7. The molecule has 4 nitrogen and oxygen atoms in total. The van der Waals surface area contributed by atoms with Crippen molar-refractivity contribution in [1.29, 1.82) is 0 Å². The van der Waals surface area contributed by atoms with Gasteiger partial charge in [-0.2, -0.15) is 0 Å². The average Bonchev–Trinajstić information content (AvgIpc) is 2.97. The van der Waals surface area contributed by atoms with Crippen molar-refractivity contribution in [1.82, 2.24) is 4.98 Å². The van der Waals surface area contributed by atoms with E-state index in [0.717, 1.165) is 56.0 Å². The van der Waals surface area contributed by atoms with Crippen LogP contribution in [0.15, 0.2) is 12.1 Å². The summed E-state index contributed by atoms with van der Waals surface area (Å²) in [6.45, 7) is 6.97. The molecule has 0 radical (unpaired) electrons. The first kappa shape index (κ1) is 14.3. The van der Waals surface area contributed by atoms with Gasteiger partial charge in [-0.15, -0.1) is 0 Å². The van der Waals surface area contributed by atoms with Crippen LogP contribution in [0, 0.1) is 0 Å². The minimum atomic E-state index is 0.0694. The van der Waals surface area contributed by atoms with Gasteiger partial charge in [0.1, 0.15) is 5.82 Å². The normalized spacial score (nSPS) is 18.8. The minimum absolute atomic E-state index is 0.0694. The number of pyridine rings is 1. The van der Waals surface area contributed by atoms with Gasteiger partial charge in [0.05, 0.1) is 12.7 Å². The Labute approximate surface area is 115 Å². The number of aromatic nitrogens is 1. The Morgan fingerprint density at radius 2 is 2.26 bits per heavy atom. The highest BCUT2D eigenvalue weighted by atomic mass is 16.5. The number of nitrogens with zero attached hydrogens (tertiary/aromatic N) is 2. The van der Waals surface area contributed by atoms with E-state index in [-0.39, 0.29) is 6.61 Å². The zero-order valence-electron chi connectivity index (χ0n) is 11.9. The molecule has 4 heteroatoms. The number of ether oxygens (including phenoxy) is 1. The van der Waals surface area contributed by atoms with Gasteiger partial charge in [0.25, 0.3) is 0 Å². The molecule has 1 aliphatic heterocycles. The second-order valence-corrected chi connectivity index (χ2v) is 5.01. The quantitative estimate of drug-likeness (QED) is 0.855. The van der Waals surface area contributed by atoms with Gasteiger partial charge in [-0.05, 0) is 43.9 Å². The number of hydrogen-bond donors (Lipinski definition) is 1. The van der Waals surface area contributed by atoms with E-state index in [2.05, 4.69) is 23.7 Å². The molecule has 0 spiro atoms. The number of aliphatic hydroxyl groups excluding tert-OH is 1. The molecule has 1 N–H and O–H groups in total. The number of anilines is 1. The fourth-order valence-electron chi connectivity index (χ4n) is 2.49. The van der Waals surface area contributed by atoms with Crippen molar-refractivity contribution in [3.63, 3.8) is 0 Å². The van der Waals surface area contributed by atoms with E-state index >= 15 is 0 Å². The maximum Gasteiger partial charge on any atom is 0.129 e. The van der Waals surface area contributed by atoms with E-state index in [0.29, 0.717) is 6.10 Å². The lowest BCUT2D eigenvalue weighted by molar-refractivity contribution is 0.115. The van der Waals surface area contributed by atoms with Crippen LogP contribution in [0.3, 0.4) is 0 Å². The number of aryl methyl sites for hydroxylation is 1. The first-order valence-corrected chi connectivity index (χ1v) is 7.24. The smallest absolute Gasteiger partial charge is 0.129 e. The summed E-state index contributed by atoms with van der Waals surface area (Å²) in [6.07, 6.45) is 3.51. The Bertz CT molecular complexity index is 381. The molecule has 2 heterocycles. The zero-order valence-corrected chi connectivity index (χ0v) is 11.9. The fourth-order valence-corrected chi connectivity index (χ4v) is 2.49. The van der Waals surface area contributed by atoms with Crippen LogP contribution in [-0.2, 0) is 17.8 Å². The molecule has 0 amide bonds. The molecular weight excluding hydrogens is 240 g/mol. The van der Waals surface area contributed by atoms with Crippen LogP contribution in [0.1, 0.15) is 37.9 Å². The van der Waals surface area contributed by atoms with Crippen molar-refractivity contribution >= 4 is 5.82 Å². The highest BCUT2D eigenvalue weighted by molar-refractivity contribution is 5.42. The van der Waals surface area contributed by atoms with Crippen molar-refractivity contribution in [2.24, 2.45) is 0 Å². The fraction of sp³-hybridized carbons (Fsp3) is 0.667. The van der Waals surface area contributed by atoms with E-state index in [9.17, 15) is 5.11 Å². The Morgan fingerprint density at radius 3 is 2.84 bits per heavy atom. The number of aliphatic hydroxyl groups is 1. The summed E-state index contributed by atoms with van der Waals surface area (Å²) in [4.78, 5) is 6.92. The molecule has 0 bridgehead atoms. The lowest BCUT2D eigenvalue weighted by atomic mass is 10.2. The van der Waals surface area contributed by atoms with Crippen LogP contribution in [0.5, 0.6) is 0 Å². The van der Waals surface area contributed by atoms with Gasteiger partial charge in [0.15, 0.2) is 0 Å². The van der Waals surface area contributed by atoms with Crippen LogP contribution in [0.25, 0.3) is 0 Å². The molecule has 1 fully saturated rings. The summed E-state index contributed by atoms with van der Waals surface area (Å²) in [6, 6.07) is 3.96. The van der Waals surface area contributed by atoms with Gasteiger partial charge in [-0.1, -0.05) is 6.92 Å². The predicted octanol–water partition coefficient (Wildman–Crippen LogP) is 2.14. The van der Waals surface area contributed by atoms with Crippen LogP contribution in [-0.4, -0.2) is 35.9 Å². The van der Waals surface area contributed by atoms with Gasteiger partial charge >= 0.3 is 0 Å². The molecule has 1 aliphatic rings. The largest absolute Gasteiger partial charge is 0.392 e. The van der Waals surface area contributed by atoms with E-state index in [4.69, 9.17) is 4.74 Å². The molecule has 1 aromatic rings. The number of likely N-dealkylation sites (N-methyl/N-ethyl adjacent to an activating group) is 1. The average molecular weight is 264 g/mol. The van der Waals surface area contributed by atoms with Crippen molar-refractivity contribution in [2.45, 2.75) is 45.8 Å². The molecular formula is C15H24N2O2. The molecule has 0 saturated carbocycles. The lowest BCUT2D eigenvalue weighted by Gasteiger charge is -2.25. The third-order valence-electron chi connectivity index (χ3n) is 3.62. The SMILES string of the molecule is CCc1cc(CO)cc(N(CC)CC2CCCO2)n1. The number of rotatable bonds is 6. The Kier molecular flexibility index (Phi) is 5.16. The summed E-state index contributed by atoms with van der Waals surface area (Å²) in [5.74, 6) is 0.960. The van der Waals surface area contributed by atoms with E-state index in [1.165, 1.54) is 0 Å². The topological polar surface area (TPSA) is 45.6 Å². The molecule has 1 atom stereocenters. The monoisotopic (exact) mass is 264 g/mol. The summed E-state index contributed by atoms with van der Waals surface area (Å²) in [5, 5.41) is 9.35. The standard InChI is InChI=1S/C15H24N2O2/c1-3-13-8-12(11-18)9-15(16-13)17(4-2)10-14-6-5-7-19-14/h8-9,14,18H,3-7,10-11H2,1-2H3. The Morgan fingerprint density at radius 1 is 1.42 bits per heavy atom.